The molecule has 0 fully saturated rings. The van der Waals surface area contributed by atoms with Crippen LogP contribution < -0.4 is 16.1 Å². The van der Waals surface area contributed by atoms with E-state index in [1.165, 1.54) is 108 Å². The summed E-state index contributed by atoms with van der Waals surface area (Å²) in [5.41, 5.74) is 0.481. The van der Waals surface area contributed by atoms with E-state index in [-0.39, 0.29) is 23.4 Å². The summed E-state index contributed by atoms with van der Waals surface area (Å²) >= 11 is 0. The predicted molar refractivity (Wildman–Crippen MR) is 162 cm³/mol. The first kappa shape index (κ1) is 35.6. The highest BCUT2D eigenvalue weighted by molar-refractivity contribution is 6.58. The molecule has 0 aliphatic rings. The van der Waals surface area contributed by atoms with Gasteiger partial charge in [-0.05, 0) is 43.3 Å². The highest BCUT2D eigenvalue weighted by atomic mass is 16.4. The lowest BCUT2D eigenvalue weighted by Gasteiger charge is -2.15. The lowest BCUT2D eigenvalue weighted by Crippen LogP contribution is -2.41. The van der Waals surface area contributed by atoms with E-state index in [1.807, 2.05) is 0 Å². The van der Waals surface area contributed by atoms with E-state index in [1.54, 1.807) is 0 Å². The SMILES string of the molecule is CCCCCCCCCCCCCCCCCC(=O)NCCCC[C@H](NC(=O)c1ccc(B(O)O)cc1)C(=O)O. The van der Waals surface area contributed by atoms with Crippen LogP contribution in [0.25, 0.3) is 0 Å². The van der Waals surface area contributed by atoms with Crippen molar-refractivity contribution in [2.24, 2.45) is 0 Å². The van der Waals surface area contributed by atoms with Crippen LogP contribution in [0.1, 0.15) is 139 Å². The van der Waals surface area contributed by atoms with Crippen LogP contribution in [0.2, 0.25) is 0 Å². The number of carbonyl (C=O) groups excluding carboxylic acids is 2. The maximum atomic E-state index is 12.3. The van der Waals surface area contributed by atoms with Crippen LogP contribution in [0.4, 0.5) is 0 Å². The molecule has 9 heteroatoms. The Morgan fingerprint density at radius 2 is 1.23 bits per heavy atom. The zero-order chi connectivity index (χ0) is 29.4. The summed E-state index contributed by atoms with van der Waals surface area (Å²) in [5.74, 6) is -1.62. The van der Waals surface area contributed by atoms with E-state index >= 15 is 0 Å². The molecule has 1 rings (SSSR count). The van der Waals surface area contributed by atoms with Gasteiger partial charge in [-0.2, -0.15) is 0 Å². The number of nitrogens with one attached hydrogen (secondary N) is 2. The van der Waals surface area contributed by atoms with Crippen LogP contribution >= 0.6 is 0 Å². The molecule has 5 N–H and O–H groups in total. The molecular formula is C31H53BN2O6. The maximum absolute atomic E-state index is 12.3. The number of benzene rings is 1. The molecule has 0 bridgehead atoms. The van der Waals surface area contributed by atoms with Crippen molar-refractivity contribution in [1.82, 2.24) is 10.6 Å². The van der Waals surface area contributed by atoms with Gasteiger partial charge in [0.25, 0.3) is 5.91 Å². The molecule has 0 unspecified atom stereocenters. The fourth-order valence-corrected chi connectivity index (χ4v) is 4.75. The zero-order valence-electron chi connectivity index (χ0n) is 24.7. The Labute approximate surface area is 241 Å². The third kappa shape index (κ3) is 18.1. The van der Waals surface area contributed by atoms with Gasteiger partial charge in [0, 0.05) is 18.5 Å². The summed E-state index contributed by atoms with van der Waals surface area (Å²) < 4.78 is 0. The van der Waals surface area contributed by atoms with Gasteiger partial charge in [-0.3, -0.25) is 9.59 Å². The number of carbonyl (C=O) groups is 3. The van der Waals surface area contributed by atoms with Gasteiger partial charge in [0.2, 0.25) is 5.91 Å². The number of hydrogen-bond acceptors (Lipinski definition) is 5. The standard InChI is InChI=1S/C31H53BN2O6/c1-2-3-4-5-6-7-8-9-10-11-12-13-14-15-16-20-29(35)33-25-18-17-19-28(31(37)38)34-30(36)26-21-23-27(24-22-26)32(39)40/h21-24,28,39-40H,2-20,25H2,1H3,(H,33,35)(H,34,36)(H,37,38)/t28-/m0/s1. The molecule has 0 aliphatic heterocycles. The highest BCUT2D eigenvalue weighted by Crippen LogP contribution is 2.14. The summed E-state index contributed by atoms with van der Waals surface area (Å²) in [6, 6.07) is 4.59. The number of aliphatic carboxylic acids is 1. The second kappa shape index (κ2) is 23.3. The minimum atomic E-state index is -1.63. The molecule has 0 radical (unpaired) electrons. The Morgan fingerprint density at radius 1 is 0.725 bits per heavy atom. The molecule has 0 aliphatic carbocycles. The van der Waals surface area contributed by atoms with Gasteiger partial charge < -0.3 is 25.8 Å². The maximum Gasteiger partial charge on any atom is 0.488 e. The van der Waals surface area contributed by atoms with Crippen LogP contribution in [0, 0.1) is 0 Å². The zero-order valence-corrected chi connectivity index (χ0v) is 24.7. The third-order valence-corrected chi connectivity index (χ3v) is 7.32. The van der Waals surface area contributed by atoms with E-state index in [0.29, 0.717) is 25.8 Å². The van der Waals surface area contributed by atoms with Crippen molar-refractivity contribution in [2.75, 3.05) is 6.54 Å². The largest absolute Gasteiger partial charge is 0.488 e. The summed E-state index contributed by atoms with van der Waals surface area (Å²) in [5, 5.41) is 33.1. The molecular weight excluding hydrogens is 507 g/mol. The Hall–Kier alpha value is -2.39. The molecule has 0 heterocycles. The average molecular weight is 561 g/mol. The molecule has 2 amide bonds. The quantitative estimate of drug-likeness (QED) is 0.0834. The first-order chi connectivity index (χ1) is 19.3. The van der Waals surface area contributed by atoms with Crippen molar-refractivity contribution in [3.63, 3.8) is 0 Å². The molecule has 226 valence electrons. The molecule has 8 nitrogen and oxygen atoms in total. The lowest BCUT2D eigenvalue weighted by molar-refractivity contribution is -0.139. The minimum absolute atomic E-state index is 0.0363. The number of carboxylic acid groups (broad SMARTS) is 1. The van der Waals surface area contributed by atoms with E-state index < -0.39 is 25.0 Å². The van der Waals surface area contributed by atoms with Gasteiger partial charge in [0.1, 0.15) is 6.04 Å². The number of amides is 2. The Morgan fingerprint density at radius 3 is 1.70 bits per heavy atom. The van der Waals surface area contributed by atoms with Crippen molar-refractivity contribution in [2.45, 2.75) is 135 Å². The van der Waals surface area contributed by atoms with Crippen LogP contribution in [0.5, 0.6) is 0 Å². The highest BCUT2D eigenvalue weighted by Gasteiger charge is 2.20. The predicted octanol–water partition coefficient (Wildman–Crippen LogP) is 5.10. The summed E-state index contributed by atoms with van der Waals surface area (Å²) in [6.07, 6.45) is 21.4. The molecule has 1 aromatic carbocycles. The van der Waals surface area contributed by atoms with Gasteiger partial charge in [-0.1, -0.05) is 109 Å². The molecule has 0 saturated heterocycles. The molecule has 0 saturated carbocycles. The number of carboxylic acids is 1. The fraction of sp³-hybridized carbons (Fsp3) is 0.710. The van der Waals surface area contributed by atoms with Crippen molar-refractivity contribution >= 4 is 30.4 Å². The van der Waals surface area contributed by atoms with E-state index in [2.05, 4.69) is 17.6 Å². The Bertz CT molecular complexity index is 819. The monoisotopic (exact) mass is 560 g/mol. The van der Waals surface area contributed by atoms with E-state index in [9.17, 15) is 19.5 Å². The second-order valence-corrected chi connectivity index (χ2v) is 10.9. The Balaban J connectivity index is 2.01. The Kier molecular flexibility index (Phi) is 20.8. The van der Waals surface area contributed by atoms with Crippen LogP contribution in [0.15, 0.2) is 24.3 Å². The molecule has 40 heavy (non-hydrogen) atoms. The fourth-order valence-electron chi connectivity index (χ4n) is 4.75. The topological polar surface area (TPSA) is 136 Å². The first-order valence-corrected chi connectivity index (χ1v) is 15.6. The first-order valence-electron chi connectivity index (χ1n) is 15.6. The van der Waals surface area contributed by atoms with Gasteiger partial charge in [0.05, 0.1) is 0 Å². The number of unbranched alkanes of at least 4 members (excludes halogenated alkanes) is 15. The molecule has 0 aromatic heterocycles. The van der Waals surface area contributed by atoms with Crippen molar-refractivity contribution in [3.05, 3.63) is 29.8 Å². The number of rotatable bonds is 25. The van der Waals surface area contributed by atoms with E-state index in [0.717, 1.165) is 12.8 Å². The average Bonchev–Trinajstić information content (AvgIpc) is 2.94. The smallest absolute Gasteiger partial charge is 0.480 e. The summed E-state index contributed by atoms with van der Waals surface area (Å²) in [7, 11) is -1.63. The van der Waals surface area contributed by atoms with Crippen LogP contribution in [-0.2, 0) is 9.59 Å². The minimum Gasteiger partial charge on any atom is -0.480 e. The van der Waals surface area contributed by atoms with Gasteiger partial charge >= 0.3 is 13.1 Å². The summed E-state index contributed by atoms with van der Waals surface area (Å²) in [4.78, 5) is 36.0. The van der Waals surface area contributed by atoms with Crippen LogP contribution in [-0.4, -0.2) is 52.6 Å². The third-order valence-electron chi connectivity index (χ3n) is 7.32. The van der Waals surface area contributed by atoms with Crippen LogP contribution in [0.3, 0.4) is 0 Å². The molecule has 0 spiro atoms. The van der Waals surface area contributed by atoms with Gasteiger partial charge in [-0.15, -0.1) is 0 Å². The van der Waals surface area contributed by atoms with Gasteiger partial charge in [0.15, 0.2) is 0 Å². The molecule has 1 atom stereocenters. The van der Waals surface area contributed by atoms with E-state index in [4.69, 9.17) is 10.0 Å². The van der Waals surface area contributed by atoms with Crippen molar-refractivity contribution in [1.29, 1.82) is 0 Å². The second-order valence-electron chi connectivity index (χ2n) is 10.9. The summed E-state index contributed by atoms with van der Waals surface area (Å²) in [6.45, 7) is 2.75. The molecule has 1 aromatic rings. The van der Waals surface area contributed by atoms with Crippen molar-refractivity contribution in [3.8, 4) is 0 Å². The number of hydrogen-bond donors (Lipinski definition) is 5. The van der Waals surface area contributed by atoms with Crippen molar-refractivity contribution < 1.29 is 29.5 Å². The normalized spacial score (nSPS) is 11.7. The van der Waals surface area contributed by atoms with Gasteiger partial charge in [-0.25, -0.2) is 4.79 Å². The lowest BCUT2D eigenvalue weighted by atomic mass is 9.80.